The van der Waals surface area contributed by atoms with E-state index in [1.165, 1.54) is 0 Å². The second-order valence-electron chi connectivity index (χ2n) is 4.64. The molecule has 6 heteroatoms. The van der Waals surface area contributed by atoms with Crippen molar-refractivity contribution in [3.05, 3.63) is 47.0 Å². The number of aryl methyl sites for hydroxylation is 1. The molecule has 2 N–H and O–H groups in total. The summed E-state index contributed by atoms with van der Waals surface area (Å²) >= 11 is 6.21. The van der Waals surface area contributed by atoms with E-state index in [-0.39, 0.29) is 5.69 Å². The third-order valence-corrected chi connectivity index (χ3v) is 3.67. The van der Waals surface area contributed by atoms with Crippen LogP contribution in [0.5, 0.6) is 0 Å². The van der Waals surface area contributed by atoms with E-state index in [9.17, 15) is 8.78 Å². The molecule has 3 nitrogen and oxygen atoms in total. The van der Waals surface area contributed by atoms with E-state index in [0.29, 0.717) is 28.5 Å². The van der Waals surface area contributed by atoms with Crippen LogP contribution >= 0.6 is 11.6 Å². The summed E-state index contributed by atoms with van der Waals surface area (Å²) in [5.41, 5.74) is 7.73. The Labute approximate surface area is 125 Å². The number of nitrogens with two attached hydrogens (primary N) is 1. The molecule has 0 unspecified atom stereocenters. The average Bonchev–Trinajstić information content (AvgIpc) is 2.82. The standard InChI is InChI=1S/C15H12ClF2N3/c1-2-21-14-9(16)4-3-5-13(14)20-15(21)8-6-10(17)11(18)7-12(8)19/h3-7H,2,19H2,1H3. The number of para-hydroxylation sites is 1. The molecule has 3 aromatic rings. The minimum atomic E-state index is -0.978. The predicted molar refractivity (Wildman–Crippen MR) is 80.2 cm³/mol. The summed E-state index contributed by atoms with van der Waals surface area (Å²) in [5.74, 6) is -1.47. The first kappa shape index (κ1) is 13.8. The molecule has 21 heavy (non-hydrogen) atoms. The lowest BCUT2D eigenvalue weighted by atomic mass is 10.1. The van der Waals surface area contributed by atoms with Crippen molar-refractivity contribution in [2.24, 2.45) is 0 Å². The molecule has 0 saturated heterocycles. The molecule has 0 aliphatic carbocycles. The van der Waals surface area contributed by atoms with Gasteiger partial charge in [-0.05, 0) is 25.1 Å². The Morgan fingerprint density at radius 3 is 2.67 bits per heavy atom. The molecule has 0 fully saturated rings. The molecule has 108 valence electrons. The van der Waals surface area contributed by atoms with Crippen LogP contribution in [0.2, 0.25) is 5.02 Å². The lowest BCUT2D eigenvalue weighted by Gasteiger charge is -2.09. The summed E-state index contributed by atoms with van der Waals surface area (Å²) in [6, 6.07) is 7.39. The summed E-state index contributed by atoms with van der Waals surface area (Å²) < 4.78 is 28.6. The van der Waals surface area contributed by atoms with Crippen LogP contribution in [0.4, 0.5) is 14.5 Å². The molecular formula is C15H12ClF2N3. The summed E-state index contributed by atoms with van der Waals surface area (Å²) in [6.45, 7) is 2.50. The number of aromatic nitrogens is 2. The van der Waals surface area contributed by atoms with Gasteiger partial charge in [0, 0.05) is 23.9 Å². The highest BCUT2D eigenvalue weighted by Crippen LogP contribution is 2.33. The smallest absolute Gasteiger partial charge is 0.160 e. The molecule has 3 rings (SSSR count). The van der Waals surface area contributed by atoms with Gasteiger partial charge in [-0.3, -0.25) is 0 Å². The molecule has 0 aliphatic rings. The SMILES string of the molecule is CCn1c(-c2cc(F)c(F)cc2N)nc2cccc(Cl)c21. The lowest BCUT2D eigenvalue weighted by molar-refractivity contribution is 0.509. The van der Waals surface area contributed by atoms with Gasteiger partial charge in [-0.25, -0.2) is 13.8 Å². The molecule has 1 aromatic heterocycles. The zero-order chi connectivity index (χ0) is 15.1. The van der Waals surface area contributed by atoms with Crippen molar-refractivity contribution in [2.45, 2.75) is 13.5 Å². The van der Waals surface area contributed by atoms with Gasteiger partial charge >= 0.3 is 0 Å². The second kappa shape index (κ2) is 5.00. The number of halogens is 3. The first-order chi connectivity index (χ1) is 10.0. The van der Waals surface area contributed by atoms with Crippen molar-refractivity contribution in [1.82, 2.24) is 9.55 Å². The Balaban J connectivity index is 2.35. The maximum atomic E-state index is 13.5. The molecular weight excluding hydrogens is 296 g/mol. The van der Waals surface area contributed by atoms with Crippen molar-refractivity contribution >= 4 is 28.3 Å². The van der Waals surface area contributed by atoms with Gasteiger partial charge in [0.2, 0.25) is 0 Å². The van der Waals surface area contributed by atoms with Crippen molar-refractivity contribution in [2.75, 3.05) is 5.73 Å². The van der Waals surface area contributed by atoms with Crippen LogP contribution in [0, 0.1) is 11.6 Å². The summed E-state index contributed by atoms with van der Waals surface area (Å²) in [7, 11) is 0. The fourth-order valence-corrected chi connectivity index (χ4v) is 2.68. The number of hydrogen-bond acceptors (Lipinski definition) is 2. The quantitative estimate of drug-likeness (QED) is 0.720. The van der Waals surface area contributed by atoms with Crippen LogP contribution in [0.25, 0.3) is 22.4 Å². The van der Waals surface area contributed by atoms with Gasteiger partial charge in [-0.1, -0.05) is 17.7 Å². The summed E-state index contributed by atoms with van der Waals surface area (Å²) in [4.78, 5) is 4.46. The highest BCUT2D eigenvalue weighted by Gasteiger charge is 2.17. The van der Waals surface area contributed by atoms with E-state index in [1.807, 2.05) is 17.6 Å². The minimum absolute atomic E-state index is 0.134. The number of nitrogen functional groups attached to an aromatic ring is 1. The number of anilines is 1. The minimum Gasteiger partial charge on any atom is -0.398 e. The van der Waals surface area contributed by atoms with Gasteiger partial charge in [-0.15, -0.1) is 0 Å². The zero-order valence-electron chi connectivity index (χ0n) is 11.2. The Kier molecular flexibility index (Phi) is 3.29. The lowest BCUT2D eigenvalue weighted by Crippen LogP contribution is -2.02. The van der Waals surface area contributed by atoms with Gasteiger partial charge in [0.05, 0.1) is 16.1 Å². The van der Waals surface area contributed by atoms with E-state index in [1.54, 1.807) is 12.1 Å². The van der Waals surface area contributed by atoms with Gasteiger partial charge in [0.1, 0.15) is 5.82 Å². The maximum Gasteiger partial charge on any atom is 0.160 e. The molecule has 0 saturated carbocycles. The van der Waals surface area contributed by atoms with E-state index < -0.39 is 11.6 Å². The Hall–Kier alpha value is -2.14. The highest BCUT2D eigenvalue weighted by atomic mass is 35.5. The Morgan fingerprint density at radius 1 is 1.24 bits per heavy atom. The number of fused-ring (bicyclic) bond motifs is 1. The largest absolute Gasteiger partial charge is 0.398 e. The third kappa shape index (κ3) is 2.14. The van der Waals surface area contributed by atoms with E-state index in [2.05, 4.69) is 4.98 Å². The van der Waals surface area contributed by atoms with Crippen molar-refractivity contribution in [3.8, 4) is 11.4 Å². The molecule has 0 amide bonds. The van der Waals surface area contributed by atoms with Crippen molar-refractivity contribution in [1.29, 1.82) is 0 Å². The second-order valence-corrected chi connectivity index (χ2v) is 5.05. The van der Waals surface area contributed by atoms with Crippen LogP contribution in [0.1, 0.15) is 6.92 Å². The van der Waals surface area contributed by atoms with Gasteiger partial charge in [-0.2, -0.15) is 0 Å². The predicted octanol–water partition coefficient (Wildman–Crippen LogP) is 4.24. The van der Waals surface area contributed by atoms with E-state index in [4.69, 9.17) is 17.3 Å². The average molecular weight is 308 g/mol. The molecule has 0 atom stereocenters. The zero-order valence-corrected chi connectivity index (χ0v) is 12.0. The normalized spacial score (nSPS) is 11.2. The van der Waals surface area contributed by atoms with Gasteiger partial charge < -0.3 is 10.3 Å². The van der Waals surface area contributed by atoms with Crippen LogP contribution in [-0.4, -0.2) is 9.55 Å². The molecule has 1 heterocycles. The molecule has 0 aliphatic heterocycles. The van der Waals surface area contributed by atoms with E-state index >= 15 is 0 Å². The Bertz CT molecular complexity index is 843. The number of rotatable bonds is 2. The monoisotopic (exact) mass is 307 g/mol. The fourth-order valence-electron chi connectivity index (χ4n) is 2.41. The molecule has 0 radical (unpaired) electrons. The van der Waals surface area contributed by atoms with E-state index in [0.717, 1.165) is 17.6 Å². The molecule has 2 aromatic carbocycles. The fraction of sp³-hybridized carbons (Fsp3) is 0.133. The number of benzene rings is 2. The van der Waals surface area contributed by atoms with Crippen LogP contribution in [0.15, 0.2) is 30.3 Å². The molecule has 0 bridgehead atoms. The topological polar surface area (TPSA) is 43.8 Å². The van der Waals surface area contributed by atoms with Crippen molar-refractivity contribution < 1.29 is 8.78 Å². The van der Waals surface area contributed by atoms with Crippen LogP contribution in [0.3, 0.4) is 0 Å². The first-order valence-electron chi connectivity index (χ1n) is 6.42. The maximum absolute atomic E-state index is 13.5. The summed E-state index contributed by atoms with van der Waals surface area (Å²) in [5, 5.41) is 0.550. The van der Waals surface area contributed by atoms with Crippen LogP contribution < -0.4 is 5.73 Å². The number of imidazole rings is 1. The summed E-state index contributed by atoms with van der Waals surface area (Å²) in [6.07, 6.45) is 0. The number of hydrogen-bond donors (Lipinski definition) is 1. The van der Waals surface area contributed by atoms with Gasteiger partial charge in [0.25, 0.3) is 0 Å². The first-order valence-corrected chi connectivity index (χ1v) is 6.80. The Morgan fingerprint density at radius 2 is 1.95 bits per heavy atom. The highest BCUT2D eigenvalue weighted by molar-refractivity contribution is 6.35. The number of nitrogens with zero attached hydrogens (tertiary/aromatic N) is 2. The molecule has 0 spiro atoms. The third-order valence-electron chi connectivity index (χ3n) is 3.37. The van der Waals surface area contributed by atoms with Gasteiger partial charge in [0.15, 0.2) is 11.6 Å². The van der Waals surface area contributed by atoms with Crippen molar-refractivity contribution in [3.63, 3.8) is 0 Å². The van der Waals surface area contributed by atoms with Crippen LogP contribution in [-0.2, 0) is 6.54 Å².